The SMILES string of the molecule is NC1CCCCC1C(=O)NCCCCCCO. The summed E-state index contributed by atoms with van der Waals surface area (Å²) >= 11 is 0. The summed E-state index contributed by atoms with van der Waals surface area (Å²) in [6.07, 6.45) is 8.17. The first kappa shape index (κ1) is 14.5. The summed E-state index contributed by atoms with van der Waals surface area (Å²) in [4.78, 5) is 11.9. The van der Waals surface area contributed by atoms with E-state index in [1.807, 2.05) is 0 Å². The molecule has 0 aromatic rings. The zero-order valence-electron chi connectivity index (χ0n) is 10.7. The van der Waals surface area contributed by atoms with Crippen LogP contribution in [-0.4, -0.2) is 30.2 Å². The molecule has 1 aliphatic carbocycles. The van der Waals surface area contributed by atoms with Crippen LogP contribution in [0.4, 0.5) is 0 Å². The van der Waals surface area contributed by atoms with Crippen LogP contribution in [0.15, 0.2) is 0 Å². The number of nitrogens with one attached hydrogen (secondary N) is 1. The Morgan fingerprint density at radius 1 is 1.18 bits per heavy atom. The number of rotatable bonds is 7. The number of hydrogen-bond acceptors (Lipinski definition) is 3. The molecule has 0 aliphatic heterocycles. The highest BCUT2D eigenvalue weighted by molar-refractivity contribution is 5.79. The van der Waals surface area contributed by atoms with Gasteiger partial charge in [0.25, 0.3) is 0 Å². The van der Waals surface area contributed by atoms with E-state index in [1.54, 1.807) is 0 Å². The highest BCUT2D eigenvalue weighted by atomic mass is 16.2. The molecule has 4 nitrogen and oxygen atoms in total. The second-order valence-electron chi connectivity index (χ2n) is 4.98. The second-order valence-corrected chi connectivity index (χ2v) is 4.98. The zero-order chi connectivity index (χ0) is 12.5. The molecule has 4 heteroatoms. The minimum absolute atomic E-state index is 0.0289. The van der Waals surface area contributed by atoms with Crippen molar-refractivity contribution < 1.29 is 9.90 Å². The highest BCUT2D eigenvalue weighted by Gasteiger charge is 2.27. The Balaban J connectivity index is 2.07. The topological polar surface area (TPSA) is 75.4 Å². The van der Waals surface area contributed by atoms with Crippen molar-refractivity contribution >= 4 is 5.91 Å². The summed E-state index contributed by atoms with van der Waals surface area (Å²) in [6, 6.07) is 0.0538. The summed E-state index contributed by atoms with van der Waals surface area (Å²) in [5.41, 5.74) is 5.96. The predicted molar refractivity (Wildman–Crippen MR) is 68.5 cm³/mol. The van der Waals surface area contributed by atoms with Crippen molar-refractivity contribution in [3.63, 3.8) is 0 Å². The van der Waals surface area contributed by atoms with E-state index in [0.29, 0.717) is 0 Å². The van der Waals surface area contributed by atoms with Crippen LogP contribution in [-0.2, 0) is 4.79 Å². The van der Waals surface area contributed by atoms with Gasteiger partial charge in [-0.05, 0) is 25.7 Å². The number of hydrogen-bond donors (Lipinski definition) is 3. The van der Waals surface area contributed by atoms with Gasteiger partial charge in [-0.25, -0.2) is 0 Å². The molecule has 1 aliphatic rings. The van der Waals surface area contributed by atoms with Crippen molar-refractivity contribution in [2.75, 3.05) is 13.2 Å². The van der Waals surface area contributed by atoms with E-state index in [2.05, 4.69) is 5.32 Å². The summed E-state index contributed by atoms with van der Waals surface area (Å²) in [6.45, 7) is 1.01. The Bertz CT molecular complexity index is 221. The normalized spacial score (nSPS) is 24.6. The Kier molecular flexibility index (Phi) is 7.21. The van der Waals surface area contributed by atoms with E-state index >= 15 is 0 Å². The number of amides is 1. The summed E-state index contributed by atoms with van der Waals surface area (Å²) in [5.74, 6) is 0.167. The fourth-order valence-corrected chi connectivity index (χ4v) is 2.42. The second kappa shape index (κ2) is 8.48. The molecule has 2 unspecified atom stereocenters. The first-order valence-electron chi connectivity index (χ1n) is 6.90. The van der Waals surface area contributed by atoms with Gasteiger partial charge in [-0.15, -0.1) is 0 Å². The largest absolute Gasteiger partial charge is 0.396 e. The fourth-order valence-electron chi connectivity index (χ4n) is 2.42. The van der Waals surface area contributed by atoms with Gasteiger partial charge in [-0.1, -0.05) is 25.7 Å². The van der Waals surface area contributed by atoms with Gasteiger partial charge in [0, 0.05) is 19.2 Å². The Hall–Kier alpha value is -0.610. The molecule has 4 N–H and O–H groups in total. The van der Waals surface area contributed by atoms with Crippen molar-refractivity contribution in [1.29, 1.82) is 0 Å². The number of carbonyl (C=O) groups is 1. The molecule has 17 heavy (non-hydrogen) atoms. The molecular weight excluding hydrogens is 216 g/mol. The van der Waals surface area contributed by atoms with Gasteiger partial charge in [0.2, 0.25) is 5.91 Å². The Morgan fingerprint density at radius 3 is 2.59 bits per heavy atom. The van der Waals surface area contributed by atoms with Gasteiger partial charge < -0.3 is 16.2 Å². The maximum absolute atomic E-state index is 11.9. The average Bonchev–Trinajstić information content (AvgIpc) is 2.34. The van der Waals surface area contributed by atoms with Gasteiger partial charge in [-0.3, -0.25) is 4.79 Å². The van der Waals surface area contributed by atoms with Crippen LogP contribution in [0, 0.1) is 5.92 Å². The fraction of sp³-hybridized carbons (Fsp3) is 0.923. The minimum atomic E-state index is 0.0289. The van der Waals surface area contributed by atoms with E-state index in [-0.39, 0.29) is 24.5 Å². The Morgan fingerprint density at radius 2 is 1.88 bits per heavy atom. The molecule has 2 atom stereocenters. The lowest BCUT2D eigenvalue weighted by atomic mass is 9.84. The van der Waals surface area contributed by atoms with Crippen molar-refractivity contribution in [3.8, 4) is 0 Å². The molecule has 1 amide bonds. The van der Waals surface area contributed by atoms with E-state index < -0.39 is 0 Å². The molecule has 0 saturated heterocycles. The Labute approximate surface area is 104 Å². The molecule has 0 aromatic carbocycles. The van der Waals surface area contributed by atoms with Crippen LogP contribution < -0.4 is 11.1 Å². The lowest BCUT2D eigenvalue weighted by molar-refractivity contribution is -0.126. The molecular formula is C13H26N2O2. The lowest BCUT2D eigenvalue weighted by Crippen LogP contribution is -2.43. The third kappa shape index (κ3) is 5.50. The van der Waals surface area contributed by atoms with Gasteiger partial charge in [0.05, 0.1) is 5.92 Å². The van der Waals surface area contributed by atoms with Gasteiger partial charge in [0.1, 0.15) is 0 Å². The maximum atomic E-state index is 11.9. The molecule has 1 rings (SSSR count). The van der Waals surface area contributed by atoms with Crippen LogP contribution in [0.5, 0.6) is 0 Å². The van der Waals surface area contributed by atoms with Crippen LogP contribution in [0.3, 0.4) is 0 Å². The van der Waals surface area contributed by atoms with Crippen LogP contribution in [0.1, 0.15) is 51.4 Å². The van der Waals surface area contributed by atoms with Crippen molar-refractivity contribution in [3.05, 3.63) is 0 Å². The van der Waals surface area contributed by atoms with Crippen LogP contribution in [0.25, 0.3) is 0 Å². The summed E-state index contributed by atoms with van der Waals surface area (Å²) < 4.78 is 0. The van der Waals surface area contributed by atoms with Gasteiger partial charge >= 0.3 is 0 Å². The zero-order valence-corrected chi connectivity index (χ0v) is 10.7. The monoisotopic (exact) mass is 242 g/mol. The molecule has 0 spiro atoms. The first-order chi connectivity index (χ1) is 8.25. The number of aliphatic hydroxyl groups excluding tert-OH is 1. The first-order valence-corrected chi connectivity index (χ1v) is 6.90. The summed E-state index contributed by atoms with van der Waals surface area (Å²) in [7, 11) is 0. The molecule has 0 heterocycles. The molecule has 100 valence electrons. The molecule has 0 radical (unpaired) electrons. The standard InChI is InChI=1S/C13H26N2O2/c14-12-8-4-3-7-11(12)13(17)15-9-5-1-2-6-10-16/h11-12,16H,1-10,14H2,(H,15,17). The van der Waals surface area contributed by atoms with Crippen molar-refractivity contribution in [2.45, 2.75) is 57.4 Å². The smallest absolute Gasteiger partial charge is 0.224 e. The van der Waals surface area contributed by atoms with Crippen molar-refractivity contribution in [2.24, 2.45) is 11.7 Å². The number of nitrogens with two attached hydrogens (primary N) is 1. The van der Waals surface area contributed by atoms with Crippen LogP contribution in [0.2, 0.25) is 0 Å². The quantitative estimate of drug-likeness (QED) is 0.587. The lowest BCUT2D eigenvalue weighted by Gasteiger charge is -2.27. The number of aliphatic hydroxyl groups is 1. The minimum Gasteiger partial charge on any atom is -0.396 e. The van der Waals surface area contributed by atoms with Crippen LogP contribution >= 0.6 is 0 Å². The molecule has 0 aromatic heterocycles. The van der Waals surface area contributed by atoms with E-state index in [4.69, 9.17) is 10.8 Å². The average molecular weight is 242 g/mol. The van der Waals surface area contributed by atoms with Crippen molar-refractivity contribution in [1.82, 2.24) is 5.32 Å². The number of carbonyl (C=O) groups excluding carboxylic acids is 1. The maximum Gasteiger partial charge on any atom is 0.224 e. The predicted octanol–water partition coefficient (Wildman–Crippen LogP) is 1.17. The van der Waals surface area contributed by atoms with Gasteiger partial charge in [-0.2, -0.15) is 0 Å². The summed E-state index contributed by atoms with van der Waals surface area (Å²) in [5, 5.41) is 11.6. The highest BCUT2D eigenvalue weighted by Crippen LogP contribution is 2.22. The van der Waals surface area contributed by atoms with E-state index in [1.165, 1.54) is 0 Å². The third-order valence-electron chi connectivity index (χ3n) is 3.54. The molecule has 1 fully saturated rings. The van der Waals surface area contributed by atoms with Gasteiger partial charge in [0.15, 0.2) is 0 Å². The molecule has 0 bridgehead atoms. The van der Waals surface area contributed by atoms with E-state index in [0.717, 1.165) is 57.9 Å². The number of unbranched alkanes of at least 4 members (excludes halogenated alkanes) is 3. The molecule has 1 saturated carbocycles. The van der Waals surface area contributed by atoms with E-state index in [9.17, 15) is 4.79 Å². The third-order valence-corrected chi connectivity index (χ3v) is 3.54.